The molecule has 1 aromatic heterocycles. The number of thioether (sulfide) groups is 1. The molecule has 2 aliphatic rings. The van der Waals surface area contributed by atoms with Gasteiger partial charge in [0.1, 0.15) is 11.6 Å². The van der Waals surface area contributed by atoms with Crippen LogP contribution >= 0.6 is 11.8 Å². The van der Waals surface area contributed by atoms with Gasteiger partial charge in [-0.15, -0.1) is 11.8 Å². The predicted molar refractivity (Wildman–Crippen MR) is 137 cm³/mol. The lowest BCUT2D eigenvalue weighted by Crippen LogP contribution is -2.49. The van der Waals surface area contributed by atoms with Gasteiger partial charge in [-0.1, -0.05) is 18.7 Å². The number of rotatable bonds is 4. The minimum Gasteiger partial charge on any atom is -0.379 e. The van der Waals surface area contributed by atoms with Crippen molar-refractivity contribution in [1.82, 2.24) is 14.5 Å². The molecule has 206 valence electrons. The molecule has 1 amide bonds. The van der Waals surface area contributed by atoms with Crippen LogP contribution in [0.25, 0.3) is 22.0 Å². The topological polar surface area (TPSA) is 67.7 Å². The van der Waals surface area contributed by atoms with E-state index >= 15 is 0 Å². The monoisotopic (exact) mass is 566 g/mol. The summed E-state index contributed by atoms with van der Waals surface area (Å²) >= 11 is 1.13. The molecule has 39 heavy (non-hydrogen) atoms. The fourth-order valence-corrected chi connectivity index (χ4v) is 6.26. The number of benzene rings is 2. The molecule has 13 heteroatoms. The number of alkyl halides is 3. The van der Waals surface area contributed by atoms with Gasteiger partial charge in [0.25, 0.3) is 5.91 Å². The van der Waals surface area contributed by atoms with E-state index < -0.39 is 41.1 Å². The Balaban J connectivity index is 1.76. The number of piperazine rings is 1. The van der Waals surface area contributed by atoms with Gasteiger partial charge in [0.15, 0.2) is 5.83 Å². The summed E-state index contributed by atoms with van der Waals surface area (Å²) in [6, 6.07) is 5.71. The molecule has 7 nitrogen and oxygen atoms in total. The Morgan fingerprint density at radius 2 is 1.82 bits per heavy atom. The molecule has 3 aromatic rings. The number of ether oxygens (including phenoxy) is 1. The van der Waals surface area contributed by atoms with Crippen molar-refractivity contribution in [1.29, 1.82) is 0 Å². The number of hydrogen-bond donors (Lipinski definition) is 0. The van der Waals surface area contributed by atoms with Crippen LogP contribution in [0, 0.1) is 5.82 Å². The highest BCUT2D eigenvalue weighted by Crippen LogP contribution is 2.48. The number of anilines is 1. The quantitative estimate of drug-likeness (QED) is 0.343. The number of aromatic nitrogens is 2. The predicted octanol–water partition coefficient (Wildman–Crippen LogP) is 4.47. The van der Waals surface area contributed by atoms with Gasteiger partial charge in [0, 0.05) is 54.9 Å². The Hall–Kier alpha value is -3.45. The van der Waals surface area contributed by atoms with Gasteiger partial charge in [0.05, 0.1) is 23.7 Å². The van der Waals surface area contributed by atoms with E-state index in [0.29, 0.717) is 0 Å². The molecule has 1 atom stereocenters. The van der Waals surface area contributed by atoms with Crippen LogP contribution in [-0.2, 0) is 22.3 Å². The van der Waals surface area contributed by atoms with E-state index in [0.717, 1.165) is 30.0 Å². The number of halogens is 5. The van der Waals surface area contributed by atoms with Crippen molar-refractivity contribution < 1.29 is 31.5 Å². The van der Waals surface area contributed by atoms with E-state index in [-0.39, 0.29) is 71.2 Å². The highest BCUT2D eigenvalue weighted by atomic mass is 32.2. The lowest BCUT2D eigenvalue weighted by molar-refractivity contribution is -0.137. The summed E-state index contributed by atoms with van der Waals surface area (Å²) in [5, 5.41) is 0.113. The molecule has 0 unspecified atom stereocenters. The van der Waals surface area contributed by atoms with Crippen molar-refractivity contribution in [3.63, 3.8) is 0 Å². The average molecular weight is 567 g/mol. The Morgan fingerprint density at radius 1 is 1.15 bits per heavy atom. The summed E-state index contributed by atoms with van der Waals surface area (Å²) < 4.78 is 77.6. The Labute approximate surface area is 223 Å². The third kappa shape index (κ3) is 5.00. The van der Waals surface area contributed by atoms with Gasteiger partial charge in [0.2, 0.25) is 0 Å². The van der Waals surface area contributed by atoms with Crippen LogP contribution in [0.1, 0.15) is 5.56 Å². The maximum Gasteiger partial charge on any atom is 0.417 e. The van der Waals surface area contributed by atoms with E-state index in [1.54, 1.807) is 4.90 Å². The molecule has 0 saturated carbocycles. The summed E-state index contributed by atoms with van der Waals surface area (Å²) in [7, 11) is 1.46. The van der Waals surface area contributed by atoms with Crippen LogP contribution in [0.3, 0.4) is 0 Å². The number of carbonyl (C=O) groups is 1. The van der Waals surface area contributed by atoms with E-state index in [9.17, 15) is 31.5 Å². The number of amides is 1. The summed E-state index contributed by atoms with van der Waals surface area (Å²) in [6.45, 7) is 3.48. The van der Waals surface area contributed by atoms with E-state index in [1.165, 1.54) is 28.7 Å². The van der Waals surface area contributed by atoms with Crippen LogP contribution in [0.2, 0.25) is 0 Å². The molecular weight excluding hydrogens is 543 g/mol. The first-order valence-electron chi connectivity index (χ1n) is 12.0. The molecule has 0 radical (unpaired) electrons. The standard InChI is InChI=1S/C26H23F5N4O3S/c1-14(27)24(36)34-9-7-33(8-10-34)23-18-11-19(26(29,30)31)20(15-3-5-16(28)6-4-15)22-21(18)35(25(37)32-23)12-17(38-2)13-39-22/h3-6,11,17H,1,7-10,12-13H2,2H3/t17-/m0/s1. The molecule has 1 fully saturated rings. The normalized spacial score (nSPS) is 17.8. The zero-order valence-corrected chi connectivity index (χ0v) is 21.5. The number of methoxy groups -OCH3 is 1. The van der Waals surface area contributed by atoms with E-state index in [1.807, 2.05) is 0 Å². The van der Waals surface area contributed by atoms with Gasteiger partial charge in [-0.25, -0.2) is 13.6 Å². The minimum absolute atomic E-state index is 0.0475. The van der Waals surface area contributed by atoms with E-state index in [2.05, 4.69) is 11.6 Å². The van der Waals surface area contributed by atoms with Gasteiger partial charge in [-0.3, -0.25) is 9.36 Å². The maximum absolute atomic E-state index is 14.6. The van der Waals surface area contributed by atoms with Crippen LogP contribution < -0.4 is 10.6 Å². The second-order valence-electron chi connectivity index (χ2n) is 9.21. The SMILES string of the molecule is C=C(F)C(=O)N1CCN(c2nc(=O)n3c4c(c(-c5ccc(F)cc5)c(C(F)(F)F)cc24)SC[C@@H](OC)C3)CC1. The van der Waals surface area contributed by atoms with Crippen molar-refractivity contribution in [2.45, 2.75) is 23.7 Å². The zero-order valence-electron chi connectivity index (χ0n) is 20.7. The van der Waals surface area contributed by atoms with Crippen molar-refractivity contribution >= 4 is 34.4 Å². The molecule has 2 aliphatic heterocycles. The van der Waals surface area contributed by atoms with Crippen molar-refractivity contribution in [3.8, 4) is 11.1 Å². The van der Waals surface area contributed by atoms with Gasteiger partial charge < -0.3 is 14.5 Å². The lowest BCUT2D eigenvalue weighted by Gasteiger charge is -2.35. The first-order valence-corrected chi connectivity index (χ1v) is 13.0. The second kappa shape index (κ2) is 10.3. The highest BCUT2D eigenvalue weighted by Gasteiger charge is 2.38. The molecule has 0 spiro atoms. The number of carbonyl (C=O) groups excluding carboxylic acids is 1. The molecule has 0 N–H and O–H groups in total. The van der Waals surface area contributed by atoms with Crippen LogP contribution in [0.4, 0.5) is 27.8 Å². The third-order valence-corrected chi connectivity index (χ3v) is 8.09. The zero-order chi connectivity index (χ0) is 28.1. The largest absolute Gasteiger partial charge is 0.417 e. The summed E-state index contributed by atoms with van der Waals surface area (Å²) in [4.78, 5) is 32.6. The van der Waals surface area contributed by atoms with E-state index in [4.69, 9.17) is 4.74 Å². The fourth-order valence-electron chi connectivity index (χ4n) is 4.94. The Morgan fingerprint density at radius 3 is 2.41 bits per heavy atom. The molecular formula is C26H23F5N4O3S. The van der Waals surface area contributed by atoms with Gasteiger partial charge in [-0.05, 0) is 23.8 Å². The Bertz CT molecular complexity index is 1520. The lowest BCUT2D eigenvalue weighted by atomic mass is 9.96. The third-order valence-electron chi connectivity index (χ3n) is 6.87. The van der Waals surface area contributed by atoms with Crippen molar-refractivity contribution in [3.05, 3.63) is 64.6 Å². The molecule has 1 saturated heterocycles. The second-order valence-corrected chi connectivity index (χ2v) is 10.2. The fraction of sp³-hybridized carbons (Fsp3) is 0.346. The number of nitrogens with zero attached hydrogens (tertiary/aromatic N) is 4. The molecule has 0 bridgehead atoms. The minimum atomic E-state index is -4.78. The molecule has 3 heterocycles. The first kappa shape index (κ1) is 27.1. The van der Waals surface area contributed by atoms with Crippen molar-refractivity contribution in [2.24, 2.45) is 0 Å². The van der Waals surface area contributed by atoms with Crippen LogP contribution in [-0.4, -0.2) is 65.5 Å². The van der Waals surface area contributed by atoms with Crippen LogP contribution in [0.15, 0.2) is 52.4 Å². The van der Waals surface area contributed by atoms with Crippen LogP contribution in [0.5, 0.6) is 0 Å². The molecule has 2 aromatic carbocycles. The highest BCUT2D eigenvalue weighted by molar-refractivity contribution is 7.99. The molecule has 0 aliphatic carbocycles. The maximum atomic E-state index is 14.6. The number of hydrogen-bond acceptors (Lipinski definition) is 6. The first-order chi connectivity index (χ1) is 18.5. The summed E-state index contributed by atoms with van der Waals surface area (Å²) in [5.41, 5.74) is -1.34. The molecule has 5 rings (SSSR count). The Kier molecular flexibility index (Phi) is 7.14. The smallest absolute Gasteiger partial charge is 0.379 e. The van der Waals surface area contributed by atoms with Gasteiger partial charge >= 0.3 is 11.9 Å². The summed E-state index contributed by atoms with van der Waals surface area (Å²) in [5.74, 6) is -2.24. The van der Waals surface area contributed by atoms with Crippen molar-refractivity contribution in [2.75, 3.05) is 43.9 Å². The summed E-state index contributed by atoms with van der Waals surface area (Å²) in [6.07, 6.45) is -5.26. The van der Waals surface area contributed by atoms with Gasteiger partial charge in [-0.2, -0.15) is 18.2 Å². The average Bonchev–Trinajstić information content (AvgIpc) is 3.11.